The molecule has 0 fully saturated rings. The van der Waals surface area contributed by atoms with Crippen molar-refractivity contribution < 1.29 is 10.2 Å². The van der Waals surface area contributed by atoms with Crippen LogP contribution in [0.25, 0.3) is 0 Å². The topological polar surface area (TPSA) is 40.5 Å². The summed E-state index contributed by atoms with van der Waals surface area (Å²) in [6, 6.07) is 0. The molecule has 2 heteroatoms. The van der Waals surface area contributed by atoms with Crippen LogP contribution in [-0.4, -0.2) is 23.4 Å². The van der Waals surface area contributed by atoms with Crippen LogP contribution < -0.4 is 0 Å². The molecule has 0 radical (unpaired) electrons. The van der Waals surface area contributed by atoms with Gasteiger partial charge in [0.15, 0.2) is 0 Å². The third-order valence-electron chi connectivity index (χ3n) is 1.53. The summed E-state index contributed by atoms with van der Waals surface area (Å²) in [6.45, 7) is 4.59. The van der Waals surface area contributed by atoms with Gasteiger partial charge in [-0.1, -0.05) is 24.3 Å². The normalized spacial score (nSPS) is 10.6. The van der Waals surface area contributed by atoms with Crippen LogP contribution in [0.3, 0.4) is 0 Å². The lowest BCUT2D eigenvalue weighted by Gasteiger charge is -1.83. The zero-order valence-corrected chi connectivity index (χ0v) is 9.45. The van der Waals surface area contributed by atoms with E-state index in [2.05, 4.69) is 12.2 Å². The summed E-state index contributed by atoms with van der Waals surface area (Å²) < 4.78 is 0. The van der Waals surface area contributed by atoms with Crippen molar-refractivity contribution in [3.05, 3.63) is 24.3 Å². The van der Waals surface area contributed by atoms with E-state index in [-0.39, 0.29) is 0 Å². The monoisotopic (exact) mass is 200 g/mol. The minimum Gasteiger partial charge on any atom is -0.396 e. The zero-order chi connectivity index (χ0) is 11.1. The Morgan fingerprint density at radius 2 is 1.14 bits per heavy atom. The fourth-order valence-corrected chi connectivity index (χ4v) is 0.752. The van der Waals surface area contributed by atoms with Gasteiger partial charge in [0.25, 0.3) is 0 Å². The lowest BCUT2D eigenvalue weighted by molar-refractivity contribution is 0.289. The maximum Gasteiger partial charge on any atom is 0.0433 e. The molecule has 0 bridgehead atoms. The molecule has 0 rings (SSSR count). The van der Waals surface area contributed by atoms with Crippen LogP contribution in [0.15, 0.2) is 24.3 Å². The van der Waals surface area contributed by atoms with Crippen molar-refractivity contribution in [3.8, 4) is 0 Å². The van der Waals surface area contributed by atoms with Crippen molar-refractivity contribution in [3.63, 3.8) is 0 Å². The molecule has 0 unspecified atom stereocenters. The first-order valence-electron chi connectivity index (χ1n) is 5.27. The molecule has 0 spiro atoms. The largest absolute Gasteiger partial charge is 0.396 e. The van der Waals surface area contributed by atoms with Crippen molar-refractivity contribution in [1.29, 1.82) is 0 Å². The number of hydrogen-bond donors (Lipinski definition) is 2. The number of allylic oxidation sites excluding steroid dienone is 4. The molecule has 0 aliphatic rings. The molecule has 0 amide bonds. The van der Waals surface area contributed by atoms with E-state index in [1.54, 1.807) is 0 Å². The van der Waals surface area contributed by atoms with Gasteiger partial charge in [-0.3, -0.25) is 0 Å². The van der Waals surface area contributed by atoms with Crippen LogP contribution >= 0.6 is 0 Å². The second-order valence-corrected chi connectivity index (χ2v) is 2.87. The van der Waals surface area contributed by atoms with Crippen molar-refractivity contribution in [1.82, 2.24) is 0 Å². The van der Waals surface area contributed by atoms with E-state index in [4.69, 9.17) is 10.2 Å². The van der Waals surface area contributed by atoms with Gasteiger partial charge in [-0.25, -0.2) is 0 Å². The average Bonchev–Trinajstić information content (AvgIpc) is 2.21. The summed E-state index contributed by atoms with van der Waals surface area (Å²) in [7, 11) is 0. The van der Waals surface area contributed by atoms with Crippen LogP contribution in [-0.2, 0) is 0 Å². The quantitative estimate of drug-likeness (QED) is 0.511. The number of aliphatic hydroxyl groups excluding tert-OH is 2. The Balaban J connectivity index is 0. The number of aliphatic hydroxyl groups is 2. The predicted octanol–water partition coefficient (Wildman–Crippen LogP) is 2.67. The molecule has 84 valence electrons. The fraction of sp³-hybridized carbons (Fsp3) is 0.667. The van der Waals surface area contributed by atoms with E-state index in [0.29, 0.717) is 13.2 Å². The average molecular weight is 200 g/mol. The van der Waals surface area contributed by atoms with Gasteiger partial charge in [0, 0.05) is 13.2 Å². The van der Waals surface area contributed by atoms with Crippen LogP contribution in [0.5, 0.6) is 0 Å². The lowest BCUT2D eigenvalue weighted by Crippen LogP contribution is -1.77. The summed E-state index contributed by atoms with van der Waals surface area (Å²) in [5, 5.41) is 16.5. The van der Waals surface area contributed by atoms with E-state index in [0.717, 1.165) is 25.7 Å². The standard InChI is InChI=1S/2C6H12O/c2*1-2-3-4-5-6-7/h2*2-3,7H,4-6H2,1H3. The van der Waals surface area contributed by atoms with Gasteiger partial charge in [-0.05, 0) is 39.5 Å². The summed E-state index contributed by atoms with van der Waals surface area (Å²) in [5.74, 6) is 0. The van der Waals surface area contributed by atoms with Crippen LogP contribution in [0.4, 0.5) is 0 Å². The van der Waals surface area contributed by atoms with Gasteiger partial charge >= 0.3 is 0 Å². The number of hydrogen-bond acceptors (Lipinski definition) is 2. The Hall–Kier alpha value is -0.600. The molecule has 0 saturated heterocycles. The minimum atomic E-state index is 0.310. The molecule has 0 saturated carbocycles. The van der Waals surface area contributed by atoms with Gasteiger partial charge in [-0.2, -0.15) is 0 Å². The van der Waals surface area contributed by atoms with Crippen LogP contribution in [0.2, 0.25) is 0 Å². The van der Waals surface area contributed by atoms with Crippen molar-refractivity contribution in [2.45, 2.75) is 39.5 Å². The van der Waals surface area contributed by atoms with Crippen molar-refractivity contribution in [2.24, 2.45) is 0 Å². The third-order valence-corrected chi connectivity index (χ3v) is 1.53. The van der Waals surface area contributed by atoms with E-state index in [1.807, 2.05) is 26.0 Å². The second kappa shape index (κ2) is 18.2. The zero-order valence-electron chi connectivity index (χ0n) is 9.45. The molecule has 2 N–H and O–H groups in total. The molecule has 0 aliphatic carbocycles. The van der Waals surface area contributed by atoms with Crippen LogP contribution in [0, 0.1) is 0 Å². The smallest absolute Gasteiger partial charge is 0.0433 e. The summed E-state index contributed by atoms with van der Waals surface area (Å²) >= 11 is 0. The highest BCUT2D eigenvalue weighted by molar-refractivity contribution is 4.76. The highest BCUT2D eigenvalue weighted by Gasteiger charge is 1.74. The molecule has 2 nitrogen and oxygen atoms in total. The van der Waals surface area contributed by atoms with Gasteiger partial charge < -0.3 is 10.2 Å². The fourth-order valence-electron chi connectivity index (χ4n) is 0.752. The molecule has 0 aromatic rings. The molecule has 0 aromatic carbocycles. The third kappa shape index (κ3) is 22.5. The molecular formula is C12H24O2. The first-order valence-corrected chi connectivity index (χ1v) is 5.27. The van der Waals surface area contributed by atoms with E-state index in [1.165, 1.54) is 0 Å². The first kappa shape index (κ1) is 15.9. The maximum absolute atomic E-state index is 8.26. The van der Waals surface area contributed by atoms with Gasteiger partial charge in [0.2, 0.25) is 0 Å². The second-order valence-electron chi connectivity index (χ2n) is 2.87. The Bertz CT molecular complexity index is 112. The van der Waals surface area contributed by atoms with Crippen molar-refractivity contribution >= 4 is 0 Å². The molecule has 14 heavy (non-hydrogen) atoms. The molecular weight excluding hydrogens is 176 g/mol. The van der Waals surface area contributed by atoms with E-state index < -0.39 is 0 Å². The lowest BCUT2D eigenvalue weighted by atomic mass is 10.3. The van der Waals surface area contributed by atoms with Crippen LogP contribution in [0.1, 0.15) is 39.5 Å². The highest BCUT2D eigenvalue weighted by Crippen LogP contribution is 1.87. The Morgan fingerprint density at radius 1 is 0.786 bits per heavy atom. The Kier molecular flexibility index (Phi) is 20.7. The molecule has 0 aromatic heterocycles. The van der Waals surface area contributed by atoms with E-state index >= 15 is 0 Å². The Morgan fingerprint density at radius 3 is 1.36 bits per heavy atom. The van der Waals surface area contributed by atoms with Crippen molar-refractivity contribution in [2.75, 3.05) is 13.2 Å². The minimum absolute atomic E-state index is 0.310. The molecule has 0 aliphatic heterocycles. The number of unbranched alkanes of at least 4 members (excludes halogenated alkanes) is 2. The highest BCUT2D eigenvalue weighted by atomic mass is 16.3. The number of rotatable bonds is 6. The molecule has 0 heterocycles. The summed E-state index contributed by atoms with van der Waals surface area (Å²) in [5.41, 5.74) is 0. The first-order chi connectivity index (χ1) is 6.83. The molecule has 0 atom stereocenters. The Labute approximate surface area is 88.0 Å². The van der Waals surface area contributed by atoms with Gasteiger partial charge in [0.1, 0.15) is 0 Å². The maximum atomic E-state index is 8.26. The van der Waals surface area contributed by atoms with E-state index in [9.17, 15) is 0 Å². The van der Waals surface area contributed by atoms with Gasteiger partial charge in [-0.15, -0.1) is 0 Å². The SMILES string of the molecule is CC=CCCCO.CC=CCCCO. The summed E-state index contributed by atoms with van der Waals surface area (Å²) in [4.78, 5) is 0. The van der Waals surface area contributed by atoms with Gasteiger partial charge in [0.05, 0.1) is 0 Å². The predicted molar refractivity (Wildman–Crippen MR) is 62.3 cm³/mol. The summed E-state index contributed by atoms with van der Waals surface area (Å²) in [6.07, 6.45) is 11.9.